The highest BCUT2D eigenvalue weighted by molar-refractivity contribution is 5.51. The Balaban J connectivity index is 2.15. The molecule has 0 aromatic carbocycles. The molecule has 0 unspecified atom stereocenters. The molecule has 5 nitrogen and oxygen atoms in total. The van der Waals surface area contributed by atoms with Gasteiger partial charge in [0.15, 0.2) is 5.76 Å². The van der Waals surface area contributed by atoms with Crippen molar-refractivity contribution in [2.75, 3.05) is 0 Å². The molecule has 17 heavy (non-hydrogen) atoms. The zero-order valence-electron chi connectivity index (χ0n) is 10.7. The predicted molar refractivity (Wildman–Crippen MR) is 65.4 cm³/mol. The highest BCUT2D eigenvalue weighted by Crippen LogP contribution is 2.20. The summed E-state index contributed by atoms with van der Waals surface area (Å²) in [6.45, 7) is 6.79. The number of hydrogen-bond acceptors (Lipinski definition) is 4. The zero-order chi connectivity index (χ0) is 12.4. The lowest BCUT2D eigenvalue weighted by Crippen LogP contribution is -2.21. The van der Waals surface area contributed by atoms with E-state index >= 15 is 0 Å². The summed E-state index contributed by atoms with van der Waals surface area (Å²) in [5.74, 6) is 1.46. The molecule has 1 N–H and O–H groups in total. The van der Waals surface area contributed by atoms with Crippen LogP contribution in [0.15, 0.2) is 16.7 Å². The molecule has 2 aromatic heterocycles. The minimum absolute atomic E-state index is 0.421. The standard InChI is InChI=1S/C12H18N4O/c1-8(2)13-7-12-14-6-11(17-12)10-5-9(3)15-16(10)4/h5-6,8,13H,7H2,1-4H3. The van der Waals surface area contributed by atoms with E-state index in [4.69, 9.17) is 4.42 Å². The smallest absolute Gasteiger partial charge is 0.208 e. The van der Waals surface area contributed by atoms with Gasteiger partial charge in [-0.2, -0.15) is 5.10 Å². The van der Waals surface area contributed by atoms with Crippen molar-refractivity contribution in [2.24, 2.45) is 7.05 Å². The van der Waals surface area contributed by atoms with Crippen LogP contribution in [0, 0.1) is 6.92 Å². The van der Waals surface area contributed by atoms with E-state index in [1.165, 1.54) is 0 Å². The third-order valence-electron chi connectivity index (χ3n) is 2.47. The lowest BCUT2D eigenvalue weighted by molar-refractivity contribution is 0.456. The molecule has 0 atom stereocenters. The topological polar surface area (TPSA) is 55.9 Å². The van der Waals surface area contributed by atoms with Crippen molar-refractivity contribution in [1.29, 1.82) is 0 Å². The molecule has 0 saturated heterocycles. The van der Waals surface area contributed by atoms with E-state index in [9.17, 15) is 0 Å². The maximum atomic E-state index is 5.68. The fourth-order valence-electron chi connectivity index (χ4n) is 1.64. The van der Waals surface area contributed by atoms with Crippen LogP contribution in [0.5, 0.6) is 0 Å². The molecular weight excluding hydrogens is 216 g/mol. The fraction of sp³-hybridized carbons (Fsp3) is 0.500. The first-order chi connectivity index (χ1) is 8.06. The summed E-state index contributed by atoms with van der Waals surface area (Å²) in [6.07, 6.45) is 1.74. The van der Waals surface area contributed by atoms with Crippen molar-refractivity contribution in [3.63, 3.8) is 0 Å². The van der Waals surface area contributed by atoms with Crippen molar-refractivity contribution in [3.8, 4) is 11.5 Å². The number of nitrogens with zero attached hydrogens (tertiary/aromatic N) is 3. The average Bonchev–Trinajstić information content (AvgIpc) is 2.82. The van der Waals surface area contributed by atoms with Crippen LogP contribution in [0.1, 0.15) is 25.4 Å². The minimum atomic E-state index is 0.421. The molecule has 0 amide bonds. The van der Waals surface area contributed by atoms with E-state index in [0.29, 0.717) is 18.5 Å². The summed E-state index contributed by atoms with van der Waals surface area (Å²) in [7, 11) is 1.90. The Bertz CT molecular complexity index is 498. The largest absolute Gasteiger partial charge is 0.438 e. The average molecular weight is 234 g/mol. The van der Waals surface area contributed by atoms with Crippen LogP contribution in [-0.4, -0.2) is 20.8 Å². The number of hydrogen-bond donors (Lipinski definition) is 1. The second-order valence-electron chi connectivity index (χ2n) is 4.45. The quantitative estimate of drug-likeness (QED) is 0.877. The van der Waals surface area contributed by atoms with Gasteiger partial charge in [-0.1, -0.05) is 13.8 Å². The second kappa shape index (κ2) is 4.71. The fourth-order valence-corrected chi connectivity index (χ4v) is 1.64. The van der Waals surface area contributed by atoms with Gasteiger partial charge < -0.3 is 9.73 Å². The Labute approximate surface area is 101 Å². The van der Waals surface area contributed by atoms with Crippen LogP contribution in [-0.2, 0) is 13.6 Å². The maximum absolute atomic E-state index is 5.68. The first-order valence-electron chi connectivity index (χ1n) is 5.75. The van der Waals surface area contributed by atoms with Gasteiger partial charge in [-0.25, -0.2) is 4.98 Å². The molecule has 5 heteroatoms. The van der Waals surface area contributed by atoms with Crippen molar-refractivity contribution in [2.45, 2.75) is 33.4 Å². The van der Waals surface area contributed by atoms with Gasteiger partial charge in [0.2, 0.25) is 5.89 Å². The number of nitrogens with one attached hydrogen (secondary N) is 1. The van der Waals surface area contributed by atoms with E-state index in [1.807, 2.05) is 20.0 Å². The SMILES string of the molecule is Cc1cc(-c2cnc(CNC(C)C)o2)n(C)n1. The van der Waals surface area contributed by atoms with Crippen molar-refractivity contribution in [3.05, 3.63) is 23.8 Å². The van der Waals surface area contributed by atoms with Crippen LogP contribution in [0.2, 0.25) is 0 Å². The first kappa shape index (κ1) is 11.9. The number of aromatic nitrogens is 3. The monoisotopic (exact) mass is 234 g/mol. The van der Waals surface area contributed by atoms with Crippen LogP contribution in [0.25, 0.3) is 11.5 Å². The van der Waals surface area contributed by atoms with Gasteiger partial charge in [-0.3, -0.25) is 4.68 Å². The molecular formula is C12H18N4O. The highest BCUT2D eigenvalue weighted by atomic mass is 16.4. The molecule has 92 valence electrons. The summed E-state index contributed by atoms with van der Waals surface area (Å²) < 4.78 is 7.48. The summed E-state index contributed by atoms with van der Waals surface area (Å²) in [5, 5.41) is 7.55. The Hall–Kier alpha value is -1.62. The lowest BCUT2D eigenvalue weighted by atomic mass is 10.3. The first-order valence-corrected chi connectivity index (χ1v) is 5.75. The Morgan fingerprint density at radius 1 is 1.47 bits per heavy atom. The number of oxazole rings is 1. The van der Waals surface area contributed by atoms with Gasteiger partial charge in [0, 0.05) is 13.1 Å². The summed E-state index contributed by atoms with van der Waals surface area (Å²) in [5.41, 5.74) is 1.92. The van der Waals surface area contributed by atoms with E-state index in [1.54, 1.807) is 10.9 Å². The van der Waals surface area contributed by atoms with Gasteiger partial charge in [0.1, 0.15) is 5.69 Å². The van der Waals surface area contributed by atoms with Gasteiger partial charge in [-0.05, 0) is 13.0 Å². The summed E-state index contributed by atoms with van der Waals surface area (Å²) >= 11 is 0. The summed E-state index contributed by atoms with van der Waals surface area (Å²) in [6, 6.07) is 2.41. The van der Waals surface area contributed by atoms with E-state index in [2.05, 4.69) is 29.2 Å². The van der Waals surface area contributed by atoms with E-state index in [-0.39, 0.29) is 0 Å². The molecule has 0 bridgehead atoms. The predicted octanol–water partition coefficient (Wildman–Crippen LogP) is 1.88. The lowest BCUT2D eigenvalue weighted by Gasteiger charge is -2.04. The van der Waals surface area contributed by atoms with Crippen molar-refractivity contribution < 1.29 is 4.42 Å². The van der Waals surface area contributed by atoms with Crippen LogP contribution >= 0.6 is 0 Å². The van der Waals surface area contributed by atoms with Crippen molar-refractivity contribution >= 4 is 0 Å². The molecule has 0 saturated carbocycles. The van der Waals surface area contributed by atoms with Crippen molar-refractivity contribution in [1.82, 2.24) is 20.1 Å². The molecule has 2 heterocycles. The Morgan fingerprint density at radius 3 is 2.82 bits per heavy atom. The maximum Gasteiger partial charge on any atom is 0.208 e. The molecule has 2 aromatic rings. The van der Waals surface area contributed by atoms with Crippen LogP contribution < -0.4 is 5.32 Å². The molecule has 0 fully saturated rings. The van der Waals surface area contributed by atoms with Crippen LogP contribution in [0.3, 0.4) is 0 Å². The second-order valence-corrected chi connectivity index (χ2v) is 4.45. The molecule has 0 aliphatic rings. The molecule has 2 rings (SSSR count). The van der Waals surface area contributed by atoms with E-state index < -0.39 is 0 Å². The normalized spacial score (nSPS) is 11.4. The third-order valence-corrected chi connectivity index (χ3v) is 2.47. The molecule has 0 aliphatic heterocycles. The molecule has 0 spiro atoms. The number of rotatable bonds is 4. The summed E-state index contributed by atoms with van der Waals surface area (Å²) in [4.78, 5) is 4.24. The zero-order valence-corrected chi connectivity index (χ0v) is 10.7. The number of aryl methyl sites for hydroxylation is 2. The van der Waals surface area contributed by atoms with Gasteiger partial charge in [-0.15, -0.1) is 0 Å². The van der Waals surface area contributed by atoms with Gasteiger partial charge in [0.25, 0.3) is 0 Å². The van der Waals surface area contributed by atoms with Gasteiger partial charge >= 0.3 is 0 Å². The Kier molecular flexibility index (Phi) is 3.28. The third kappa shape index (κ3) is 2.74. The highest BCUT2D eigenvalue weighted by Gasteiger charge is 2.11. The molecule has 0 aliphatic carbocycles. The van der Waals surface area contributed by atoms with E-state index in [0.717, 1.165) is 17.1 Å². The Morgan fingerprint density at radius 2 is 2.24 bits per heavy atom. The van der Waals surface area contributed by atoms with Gasteiger partial charge in [0.05, 0.1) is 18.4 Å². The minimum Gasteiger partial charge on any atom is -0.438 e. The molecule has 0 radical (unpaired) electrons. The van der Waals surface area contributed by atoms with Crippen LogP contribution in [0.4, 0.5) is 0 Å².